The molecule has 0 saturated carbocycles. The zero-order valence-electron chi connectivity index (χ0n) is 7.73. The molecule has 2 aromatic rings. The van der Waals surface area contributed by atoms with E-state index in [0.29, 0.717) is 12.2 Å². The minimum Gasteiger partial charge on any atom is -0.312 e. The van der Waals surface area contributed by atoms with E-state index in [0.717, 1.165) is 5.56 Å². The van der Waals surface area contributed by atoms with Crippen LogP contribution in [0.2, 0.25) is 0 Å². The molecule has 0 radical (unpaired) electrons. The fourth-order valence-corrected chi connectivity index (χ4v) is 1.16. The molecule has 2 aromatic heterocycles. The number of aromatic amines is 2. The number of aromatic nitrogens is 4. The Bertz CT molecular complexity index is 552. The van der Waals surface area contributed by atoms with E-state index in [-0.39, 0.29) is 5.56 Å². The average Bonchev–Trinajstić information content (AvgIpc) is 2.22. The number of hydrogen-bond acceptors (Lipinski definition) is 4. The minimum absolute atomic E-state index is 0.197. The third-order valence-electron chi connectivity index (χ3n) is 1.82. The van der Waals surface area contributed by atoms with E-state index in [1.54, 1.807) is 6.20 Å². The number of rotatable bonds is 2. The van der Waals surface area contributed by atoms with E-state index >= 15 is 0 Å². The van der Waals surface area contributed by atoms with Gasteiger partial charge in [0.2, 0.25) is 0 Å². The minimum atomic E-state index is -0.395. The molecule has 0 fully saturated rings. The highest BCUT2D eigenvalue weighted by Crippen LogP contribution is 1.98. The lowest BCUT2D eigenvalue weighted by Crippen LogP contribution is -2.12. The van der Waals surface area contributed by atoms with Gasteiger partial charge in [0.1, 0.15) is 5.82 Å². The maximum Gasteiger partial charge on any atom is 0.344 e. The monoisotopic (exact) mass is 204 g/mol. The van der Waals surface area contributed by atoms with Crippen LogP contribution >= 0.6 is 0 Å². The van der Waals surface area contributed by atoms with Gasteiger partial charge in [-0.2, -0.15) is 0 Å². The second kappa shape index (κ2) is 3.87. The van der Waals surface area contributed by atoms with Crippen molar-refractivity contribution in [2.75, 3.05) is 0 Å². The Morgan fingerprint density at radius 2 is 2.13 bits per heavy atom. The van der Waals surface area contributed by atoms with Gasteiger partial charge in [0.05, 0.1) is 0 Å². The van der Waals surface area contributed by atoms with Crippen LogP contribution in [0.1, 0.15) is 11.4 Å². The normalized spacial score (nSPS) is 10.1. The van der Waals surface area contributed by atoms with Crippen LogP contribution in [0.15, 0.2) is 34.2 Å². The Labute approximate surface area is 84.1 Å². The van der Waals surface area contributed by atoms with Crippen molar-refractivity contribution in [2.24, 2.45) is 0 Å². The highest BCUT2D eigenvalue weighted by Gasteiger charge is 1.98. The van der Waals surface area contributed by atoms with E-state index < -0.39 is 5.69 Å². The molecule has 2 rings (SSSR count). The molecule has 0 aliphatic heterocycles. The molecule has 0 aliphatic rings. The SMILES string of the molecule is O=c1ccnc(Cc2cnc(=O)[nH]c2)[nH]1. The summed E-state index contributed by atoms with van der Waals surface area (Å²) in [5, 5.41) is 0. The van der Waals surface area contributed by atoms with Crippen molar-refractivity contribution in [1.82, 2.24) is 19.9 Å². The molecule has 0 aromatic carbocycles. The summed E-state index contributed by atoms with van der Waals surface area (Å²) in [4.78, 5) is 34.2. The van der Waals surface area contributed by atoms with Gasteiger partial charge < -0.3 is 9.97 Å². The predicted molar refractivity (Wildman–Crippen MR) is 52.5 cm³/mol. The van der Waals surface area contributed by atoms with Crippen LogP contribution in [-0.2, 0) is 6.42 Å². The molecule has 15 heavy (non-hydrogen) atoms. The van der Waals surface area contributed by atoms with Crippen molar-refractivity contribution >= 4 is 0 Å². The first-order valence-corrected chi connectivity index (χ1v) is 4.32. The van der Waals surface area contributed by atoms with Crippen LogP contribution in [0, 0.1) is 0 Å². The van der Waals surface area contributed by atoms with Crippen molar-refractivity contribution in [1.29, 1.82) is 0 Å². The summed E-state index contributed by atoms with van der Waals surface area (Å²) >= 11 is 0. The molecular formula is C9H8N4O2. The van der Waals surface area contributed by atoms with Gasteiger partial charge >= 0.3 is 5.69 Å². The summed E-state index contributed by atoms with van der Waals surface area (Å²) < 4.78 is 0. The lowest BCUT2D eigenvalue weighted by molar-refractivity contribution is 0.921. The van der Waals surface area contributed by atoms with E-state index in [9.17, 15) is 9.59 Å². The third-order valence-corrected chi connectivity index (χ3v) is 1.82. The van der Waals surface area contributed by atoms with Gasteiger partial charge in [-0.3, -0.25) is 4.79 Å². The fraction of sp³-hybridized carbons (Fsp3) is 0.111. The van der Waals surface area contributed by atoms with Gasteiger partial charge in [-0.25, -0.2) is 14.8 Å². The smallest absolute Gasteiger partial charge is 0.312 e. The molecule has 76 valence electrons. The maximum atomic E-state index is 11.0. The van der Waals surface area contributed by atoms with E-state index in [1.807, 2.05) is 0 Å². The van der Waals surface area contributed by atoms with Crippen LogP contribution in [0.5, 0.6) is 0 Å². The van der Waals surface area contributed by atoms with E-state index in [4.69, 9.17) is 0 Å². The number of H-pyrrole nitrogens is 2. The number of hydrogen-bond donors (Lipinski definition) is 2. The van der Waals surface area contributed by atoms with Gasteiger partial charge in [0, 0.05) is 31.1 Å². The molecule has 6 nitrogen and oxygen atoms in total. The Balaban J connectivity index is 2.25. The second-order valence-electron chi connectivity index (χ2n) is 2.98. The van der Waals surface area contributed by atoms with E-state index in [1.165, 1.54) is 18.5 Å². The molecule has 2 heterocycles. The molecule has 0 bridgehead atoms. The molecule has 0 unspecified atom stereocenters. The molecule has 0 amide bonds. The summed E-state index contributed by atoms with van der Waals surface area (Å²) in [5.41, 5.74) is 0.189. The zero-order chi connectivity index (χ0) is 10.7. The summed E-state index contributed by atoms with van der Waals surface area (Å²) in [7, 11) is 0. The van der Waals surface area contributed by atoms with Gasteiger partial charge in [-0.05, 0) is 5.56 Å². The summed E-state index contributed by atoms with van der Waals surface area (Å²) in [5.74, 6) is 0.538. The molecule has 6 heteroatoms. The molecule has 0 atom stereocenters. The largest absolute Gasteiger partial charge is 0.344 e. The van der Waals surface area contributed by atoms with Crippen LogP contribution in [0.3, 0.4) is 0 Å². The van der Waals surface area contributed by atoms with Gasteiger partial charge in [0.25, 0.3) is 5.56 Å². The molecular weight excluding hydrogens is 196 g/mol. The van der Waals surface area contributed by atoms with Crippen LogP contribution in [0.4, 0.5) is 0 Å². The Morgan fingerprint density at radius 1 is 1.27 bits per heavy atom. The number of nitrogens with one attached hydrogen (secondary N) is 2. The van der Waals surface area contributed by atoms with Crippen LogP contribution < -0.4 is 11.2 Å². The van der Waals surface area contributed by atoms with Crippen molar-refractivity contribution in [3.05, 3.63) is 56.9 Å². The van der Waals surface area contributed by atoms with Gasteiger partial charge in [0.15, 0.2) is 0 Å². The Hall–Kier alpha value is -2.24. The number of nitrogens with zero attached hydrogens (tertiary/aromatic N) is 2. The highest BCUT2D eigenvalue weighted by molar-refractivity contribution is 5.09. The topological polar surface area (TPSA) is 91.5 Å². The zero-order valence-corrected chi connectivity index (χ0v) is 7.73. The fourth-order valence-electron chi connectivity index (χ4n) is 1.16. The molecule has 0 aliphatic carbocycles. The Morgan fingerprint density at radius 3 is 2.80 bits per heavy atom. The van der Waals surface area contributed by atoms with Gasteiger partial charge in [-0.15, -0.1) is 0 Å². The van der Waals surface area contributed by atoms with Crippen molar-refractivity contribution < 1.29 is 0 Å². The summed E-state index contributed by atoms with van der Waals surface area (Å²) in [6.07, 6.45) is 4.86. The lowest BCUT2D eigenvalue weighted by atomic mass is 10.2. The summed E-state index contributed by atoms with van der Waals surface area (Å²) in [6.45, 7) is 0. The first-order chi connectivity index (χ1) is 7.24. The van der Waals surface area contributed by atoms with Gasteiger partial charge in [-0.1, -0.05) is 0 Å². The lowest BCUT2D eigenvalue weighted by Gasteiger charge is -1.98. The van der Waals surface area contributed by atoms with Crippen LogP contribution in [0.25, 0.3) is 0 Å². The van der Waals surface area contributed by atoms with Crippen molar-refractivity contribution in [3.8, 4) is 0 Å². The first-order valence-electron chi connectivity index (χ1n) is 4.32. The average molecular weight is 204 g/mol. The second-order valence-corrected chi connectivity index (χ2v) is 2.98. The standard InChI is InChI=1S/C9H8N4O2/c14-8-1-2-10-7(13-8)3-6-4-11-9(15)12-5-6/h1-2,4-5H,3H2,(H,10,13,14)(H,11,12,15). The maximum absolute atomic E-state index is 11.0. The quantitative estimate of drug-likeness (QED) is 0.686. The first kappa shape index (κ1) is 9.32. The predicted octanol–water partition coefficient (Wildman–Crippen LogP) is -0.556. The highest BCUT2D eigenvalue weighted by atomic mass is 16.1. The van der Waals surface area contributed by atoms with E-state index in [2.05, 4.69) is 19.9 Å². The van der Waals surface area contributed by atoms with Crippen LogP contribution in [-0.4, -0.2) is 19.9 Å². The Kier molecular flexibility index (Phi) is 2.40. The van der Waals surface area contributed by atoms with Crippen molar-refractivity contribution in [2.45, 2.75) is 6.42 Å². The molecule has 0 saturated heterocycles. The summed E-state index contributed by atoms with van der Waals surface area (Å²) in [6, 6.07) is 1.34. The third kappa shape index (κ3) is 2.37. The molecule has 0 spiro atoms. The van der Waals surface area contributed by atoms with Crippen molar-refractivity contribution in [3.63, 3.8) is 0 Å². The molecule has 2 N–H and O–H groups in total.